The number of hydrogen-bond acceptors (Lipinski definition) is 2. The number of aromatic amines is 1. The Balaban J connectivity index is 1.93. The van der Waals surface area contributed by atoms with Crippen molar-refractivity contribution in [2.75, 3.05) is 13.2 Å². The van der Waals surface area contributed by atoms with Gasteiger partial charge in [-0.15, -0.1) is 0 Å². The van der Waals surface area contributed by atoms with E-state index in [2.05, 4.69) is 4.98 Å². The fourth-order valence-corrected chi connectivity index (χ4v) is 2.99. The topological polar surface area (TPSA) is 39.3 Å². The summed E-state index contributed by atoms with van der Waals surface area (Å²) in [5, 5.41) is 9.55. The van der Waals surface area contributed by atoms with E-state index in [1.165, 1.54) is 12.1 Å². The molecule has 1 aromatic carbocycles. The lowest BCUT2D eigenvalue weighted by Crippen LogP contribution is -2.46. The molecule has 1 aromatic heterocycles. The third kappa shape index (κ3) is 2.65. The Morgan fingerprint density at radius 1 is 1.43 bits per heavy atom. The van der Waals surface area contributed by atoms with Crippen molar-refractivity contribution in [3.05, 3.63) is 35.3 Å². The second-order valence-electron chi connectivity index (χ2n) is 5.74. The summed E-state index contributed by atoms with van der Waals surface area (Å²) in [4.78, 5) is 4.82. The molecular formula is C15H17F3N2O. The van der Waals surface area contributed by atoms with Crippen LogP contribution in [0.4, 0.5) is 13.2 Å². The normalized spacial score (nSPS) is 20.0. The van der Waals surface area contributed by atoms with Crippen molar-refractivity contribution in [2.24, 2.45) is 0 Å². The molecule has 0 unspecified atom stereocenters. The van der Waals surface area contributed by atoms with E-state index in [1.807, 2.05) is 6.92 Å². The minimum Gasteiger partial charge on any atom is -0.390 e. The highest BCUT2D eigenvalue weighted by atomic mass is 19.3. The van der Waals surface area contributed by atoms with Crippen molar-refractivity contribution in [2.45, 2.75) is 31.9 Å². The van der Waals surface area contributed by atoms with E-state index in [1.54, 1.807) is 11.0 Å². The van der Waals surface area contributed by atoms with Gasteiger partial charge in [-0.1, -0.05) is 0 Å². The Morgan fingerprint density at radius 3 is 2.90 bits per heavy atom. The zero-order valence-corrected chi connectivity index (χ0v) is 11.7. The fraction of sp³-hybridized carbons (Fsp3) is 0.467. The third-order valence-corrected chi connectivity index (χ3v) is 4.11. The maximum absolute atomic E-state index is 13.4. The van der Waals surface area contributed by atoms with Crippen molar-refractivity contribution < 1.29 is 18.3 Å². The van der Waals surface area contributed by atoms with E-state index >= 15 is 0 Å². The first-order valence-corrected chi connectivity index (χ1v) is 6.91. The molecule has 0 saturated carbocycles. The fourth-order valence-electron chi connectivity index (χ4n) is 2.99. The van der Waals surface area contributed by atoms with Gasteiger partial charge in [-0.2, -0.15) is 0 Å². The van der Waals surface area contributed by atoms with Gasteiger partial charge in [-0.25, -0.2) is 13.2 Å². The maximum atomic E-state index is 13.4. The molecule has 0 amide bonds. The molecule has 0 saturated heterocycles. The molecule has 0 spiro atoms. The van der Waals surface area contributed by atoms with Gasteiger partial charge in [0.15, 0.2) is 0 Å². The van der Waals surface area contributed by atoms with Gasteiger partial charge >= 0.3 is 0 Å². The van der Waals surface area contributed by atoms with Crippen LogP contribution in [0.2, 0.25) is 0 Å². The lowest BCUT2D eigenvalue weighted by atomic mass is 9.97. The number of hydrogen-bond donors (Lipinski definition) is 2. The third-order valence-electron chi connectivity index (χ3n) is 4.11. The van der Waals surface area contributed by atoms with Gasteiger partial charge in [-0.3, -0.25) is 4.90 Å². The Labute approximate surface area is 120 Å². The SMILES string of the molecule is C[C@H]1Cc2c([nH]c3ccc(F)cc23)CN1CC(F)(F)CO. The van der Waals surface area contributed by atoms with E-state index < -0.39 is 19.1 Å². The lowest BCUT2D eigenvalue weighted by Gasteiger charge is -2.35. The number of aromatic nitrogens is 1. The van der Waals surface area contributed by atoms with Gasteiger partial charge in [0.1, 0.15) is 12.4 Å². The van der Waals surface area contributed by atoms with Gasteiger partial charge in [0.2, 0.25) is 0 Å². The monoisotopic (exact) mass is 298 g/mol. The molecular weight excluding hydrogens is 281 g/mol. The summed E-state index contributed by atoms with van der Waals surface area (Å²) < 4.78 is 40.2. The number of fused-ring (bicyclic) bond motifs is 3. The summed E-state index contributed by atoms with van der Waals surface area (Å²) in [6.07, 6.45) is 0.584. The first kappa shape index (κ1) is 14.4. The van der Waals surface area contributed by atoms with Crippen LogP contribution in [0.3, 0.4) is 0 Å². The number of halogens is 3. The summed E-state index contributed by atoms with van der Waals surface area (Å²) in [5.74, 6) is -3.41. The number of alkyl halides is 2. The van der Waals surface area contributed by atoms with Gasteiger partial charge in [-0.05, 0) is 37.1 Å². The molecule has 2 aromatic rings. The average molecular weight is 298 g/mol. The zero-order chi connectivity index (χ0) is 15.2. The van der Waals surface area contributed by atoms with Crippen LogP contribution in [0, 0.1) is 5.82 Å². The van der Waals surface area contributed by atoms with Gasteiger partial charge in [0.05, 0.1) is 6.54 Å². The van der Waals surface area contributed by atoms with Crippen LogP contribution in [0.15, 0.2) is 18.2 Å². The van der Waals surface area contributed by atoms with E-state index in [4.69, 9.17) is 5.11 Å². The highest BCUT2D eigenvalue weighted by molar-refractivity contribution is 5.85. The molecule has 3 nitrogen and oxygen atoms in total. The highest BCUT2D eigenvalue weighted by Crippen LogP contribution is 2.31. The number of nitrogens with one attached hydrogen (secondary N) is 1. The molecule has 1 aliphatic heterocycles. The van der Waals surface area contributed by atoms with E-state index in [9.17, 15) is 13.2 Å². The zero-order valence-electron chi connectivity index (χ0n) is 11.7. The Bertz CT molecular complexity index is 668. The quantitative estimate of drug-likeness (QED) is 0.914. The van der Waals surface area contributed by atoms with E-state index in [-0.39, 0.29) is 11.9 Å². The van der Waals surface area contributed by atoms with Crippen LogP contribution < -0.4 is 0 Å². The van der Waals surface area contributed by atoms with Crippen LogP contribution >= 0.6 is 0 Å². The minimum atomic E-state index is -3.11. The van der Waals surface area contributed by atoms with Crippen LogP contribution in [0.5, 0.6) is 0 Å². The van der Waals surface area contributed by atoms with E-state index in [0.29, 0.717) is 13.0 Å². The number of aliphatic hydroxyl groups is 1. The summed E-state index contributed by atoms with van der Waals surface area (Å²) in [5.41, 5.74) is 2.67. The van der Waals surface area contributed by atoms with Gasteiger partial charge < -0.3 is 10.1 Å². The number of nitrogens with zero attached hydrogens (tertiary/aromatic N) is 1. The van der Waals surface area contributed by atoms with Crippen molar-refractivity contribution in [1.82, 2.24) is 9.88 Å². The van der Waals surface area contributed by atoms with Crippen LogP contribution in [0.1, 0.15) is 18.2 Å². The standard InChI is InChI=1S/C15H17F3N2O/c1-9-4-11-12-5-10(16)2-3-13(12)19-14(11)6-20(9)7-15(17,18)8-21/h2-3,5,9,19,21H,4,6-8H2,1H3/t9-/m0/s1. The van der Waals surface area contributed by atoms with Gasteiger partial charge in [0.25, 0.3) is 5.92 Å². The largest absolute Gasteiger partial charge is 0.390 e. The van der Waals surface area contributed by atoms with E-state index in [0.717, 1.165) is 22.2 Å². The minimum absolute atomic E-state index is 0.0859. The second kappa shape index (κ2) is 5.03. The van der Waals surface area contributed by atoms with Crippen molar-refractivity contribution in [3.8, 4) is 0 Å². The molecule has 0 bridgehead atoms. The van der Waals surface area contributed by atoms with Crippen LogP contribution in [0.25, 0.3) is 10.9 Å². The molecule has 3 rings (SSSR count). The molecule has 1 atom stereocenters. The smallest absolute Gasteiger partial charge is 0.283 e. The predicted octanol–water partition coefficient (Wildman–Crippen LogP) is 2.68. The Morgan fingerprint density at radius 2 is 2.19 bits per heavy atom. The summed E-state index contributed by atoms with van der Waals surface area (Å²) >= 11 is 0. The first-order chi connectivity index (χ1) is 9.89. The van der Waals surface area contributed by atoms with Crippen molar-refractivity contribution >= 4 is 10.9 Å². The Hall–Kier alpha value is -1.53. The molecule has 2 heterocycles. The Kier molecular flexibility index (Phi) is 3.45. The second-order valence-corrected chi connectivity index (χ2v) is 5.74. The highest BCUT2D eigenvalue weighted by Gasteiger charge is 2.35. The molecule has 1 aliphatic rings. The van der Waals surface area contributed by atoms with Crippen molar-refractivity contribution in [1.29, 1.82) is 0 Å². The predicted molar refractivity (Wildman–Crippen MR) is 73.9 cm³/mol. The molecule has 21 heavy (non-hydrogen) atoms. The first-order valence-electron chi connectivity index (χ1n) is 6.91. The number of H-pyrrole nitrogens is 1. The molecule has 0 radical (unpaired) electrons. The molecule has 0 fully saturated rings. The van der Waals surface area contributed by atoms with Crippen LogP contribution in [-0.4, -0.2) is 40.1 Å². The van der Waals surface area contributed by atoms with Crippen LogP contribution in [-0.2, 0) is 13.0 Å². The van der Waals surface area contributed by atoms with Crippen molar-refractivity contribution in [3.63, 3.8) is 0 Å². The molecule has 114 valence electrons. The number of rotatable bonds is 3. The number of benzene rings is 1. The summed E-state index contributed by atoms with van der Waals surface area (Å²) in [7, 11) is 0. The lowest BCUT2D eigenvalue weighted by molar-refractivity contribution is -0.0819. The summed E-state index contributed by atoms with van der Waals surface area (Å²) in [6, 6.07) is 4.44. The molecule has 2 N–H and O–H groups in total. The average Bonchev–Trinajstić information content (AvgIpc) is 2.76. The molecule has 0 aliphatic carbocycles. The van der Waals surface area contributed by atoms with Gasteiger partial charge in [0, 0.05) is 29.2 Å². The number of aliphatic hydroxyl groups excluding tert-OH is 1. The molecule has 6 heteroatoms. The summed E-state index contributed by atoms with van der Waals surface area (Å²) in [6.45, 7) is 0.589. The maximum Gasteiger partial charge on any atom is 0.283 e.